The van der Waals surface area contributed by atoms with Crippen LogP contribution in [0.15, 0.2) is 15.6 Å². The summed E-state index contributed by atoms with van der Waals surface area (Å²) >= 11 is 0. The van der Waals surface area contributed by atoms with Crippen LogP contribution in [0.3, 0.4) is 0 Å². The quantitative estimate of drug-likeness (QED) is 0.211. The van der Waals surface area contributed by atoms with Gasteiger partial charge in [-0.3, -0.25) is 0 Å². The molecule has 0 amide bonds. The Morgan fingerprint density at radius 1 is 1.19 bits per heavy atom. The molecule has 1 saturated heterocycles. The first kappa shape index (κ1) is 24.2. The summed E-state index contributed by atoms with van der Waals surface area (Å²) in [6, 6.07) is 2.06. The first-order valence-electron chi connectivity index (χ1n) is 10.5. The number of hydrogen-bond acceptors (Lipinski definition) is 4. The Morgan fingerprint density at radius 2 is 1.93 bits per heavy atom. The highest BCUT2D eigenvalue weighted by molar-refractivity contribution is 14.0. The van der Waals surface area contributed by atoms with Crippen LogP contribution in [0, 0.1) is 0 Å². The minimum absolute atomic E-state index is 0. The highest BCUT2D eigenvalue weighted by Crippen LogP contribution is 2.22. The molecule has 1 aliphatic rings. The van der Waals surface area contributed by atoms with E-state index in [1.54, 1.807) is 0 Å². The van der Waals surface area contributed by atoms with Crippen molar-refractivity contribution < 1.29 is 4.52 Å². The fourth-order valence-corrected chi connectivity index (χ4v) is 3.47. The standard InChI is InChI=1S/C20H37N5O.HI/c1-4-17(5-2)19-15-18(26-24-19)16-23-20(21-6-3)22-11-7-8-12-25-13-9-10-14-25;/h15,17H,4-14,16H2,1-3H3,(H2,21,22,23);1H. The molecule has 6 nitrogen and oxygen atoms in total. The number of guanidine groups is 1. The summed E-state index contributed by atoms with van der Waals surface area (Å²) in [7, 11) is 0. The van der Waals surface area contributed by atoms with Crippen LogP contribution in [0.4, 0.5) is 0 Å². The van der Waals surface area contributed by atoms with Gasteiger partial charge in [-0.15, -0.1) is 24.0 Å². The van der Waals surface area contributed by atoms with Crippen molar-refractivity contribution in [1.82, 2.24) is 20.7 Å². The van der Waals surface area contributed by atoms with Gasteiger partial charge < -0.3 is 20.1 Å². The summed E-state index contributed by atoms with van der Waals surface area (Å²) in [5.41, 5.74) is 1.06. The smallest absolute Gasteiger partial charge is 0.191 e. The van der Waals surface area contributed by atoms with Gasteiger partial charge in [0.25, 0.3) is 0 Å². The summed E-state index contributed by atoms with van der Waals surface area (Å²) < 4.78 is 5.46. The molecule has 0 aromatic carbocycles. The molecule has 2 rings (SSSR count). The number of likely N-dealkylation sites (tertiary alicyclic amines) is 1. The molecule has 0 atom stereocenters. The van der Waals surface area contributed by atoms with Crippen LogP contribution in [0.25, 0.3) is 0 Å². The van der Waals surface area contributed by atoms with Crippen molar-refractivity contribution in [2.24, 2.45) is 4.99 Å². The number of aliphatic imine (C=N–C) groups is 1. The van der Waals surface area contributed by atoms with E-state index in [1.165, 1.54) is 45.3 Å². The van der Waals surface area contributed by atoms with Crippen LogP contribution >= 0.6 is 24.0 Å². The Hall–Kier alpha value is -0.830. The summed E-state index contributed by atoms with van der Waals surface area (Å²) in [4.78, 5) is 7.20. The highest BCUT2D eigenvalue weighted by Gasteiger charge is 2.13. The second-order valence-electron chi connectivity index (χ2n) is 7.11. The monoisotopic (exact) mass is 491 g/mol. The van der Waals surface area contributed by atoms with Crippen molar-refractivity contribution >= 4 is 29.9 Å². The Kier molecular flexibility index (Phi) is 12.7. The largest absolute Gasteiger partial charge is 0.359 e. The molecule has 1 aromatic heterocycles. The van der Waals surface area contributed by atoms with Crippen molar-refractivity contribution in [3.8, 4) is 0 Å². The fraction of sp³-hybridized carbons (Fsp3) is 0.800. The molecule has 2 heterocycles. The number of unbranched alkanes of at least 4 members (excludes halogenated alkanes) is 1. The van der Waals surface area contributed by atoms with Gasteiger partial charge in [-0.1, -0.05) is 19.0 Å². The van der Waals surface area contributed by atoms with Gasteiger partial charge in [0.2, 0.25) is 0 Å². The van der Waals surface area contributed by atoms with Gasteiger partial charge in [-0.05, 0) is 65.1 Å². The third kappa shape index (κ3) is 8.81. The van der Waals surface area contributed by atoms with Gasteiger partial charge in [-0.2, -0.15) is 0 Å². The van der Waals surface area contributed by atoms with E-state index in [9.17, 15) is 0 Å². The van der Waals surface area contributed by atoms with Crippen molar-refractivity contribution in [2.45, 2.75) is 71.8 Å². The molecular formula is C20H38IN5O. The highest BCUT2D eigenvalue weighted by atomic mass is 127. The third-order valence-electron chi connectivity index (χ3n) is 5.11. The van der Waals surface area contributed by atoms with Crippen molar-refractivity contribution in [3.05, 3.63) is 17.5 Å². The maximum atomic E-state index is 5.46. The van der Waals surface area contributed by atoms with Gasteiger partial charge in [-0.25, -0.2) is 4.99 Å². The molecule has 0 radical (unpaired) electrons. The minimum Gasteiger partial charge on any atom is -0.359 e. The number of halogens is 1. The lowest BCUT2D eigenvalue weighted by Crippen LogP contribution is -2.38. The zero-order chi connectivity index (χ0) is 18.6. The van der Waals surface area contributed by atoms with Gasteiger partial charge in [0, 0.05) is 25.1 Å². The zero-order valence-electron chi connectivity index (χ0n) is 17.3. The predicted octanol–water partition coefficient (Wildman–Crippen LogP) is 4.13. The maximum absolute atomic E-state index is 5.46. The molecule has 0 bridgehead atoms. The van der Waals surface area contributed by atoms with Crippen molar-refractivity contribution in [2.75, 3.05) is 32.7 Å². The van der Waals surface area contributed by atoms with Gasteiger partial charge in [0.1, 0.15) is 6.54 Å². The van der Waals surface area contributed by atoms with E-state index >= 15 is 0 Å². The molecule has 2 N–H and O–H groups in total. The van der Waals surface area contributed by atoms with E-state index in [4.69, 9.17) is 4.52 Å². The van der Waals surface area contributed by atoms with Gasteiger partial charge in [0.05, 0.1) is 5.69 Å². The van der Waals surface area contributed by atoms with Gasteiger partial charge >= 0.3 is 0 Å². The molecule has 0 saturated carbocycles. The van der Waals surface area contributed by atoms with E-state index < -0.39 is 0 Å². The second-order valence-corrected chi connectivity index (χ2v) is 7.11. The Morgan fingerprint density at radius 3 is 2.59 bits per heavy atom. The summed E-state index contributed by atoms with van der Waals surface area (Å²) in [5, 5.41) is 10.9. The van der Waals surface area contributed by atoms with Crippen LogP contribution in [-0.2, 0) is 6.54 Å². The number of aromatic nitrogens is 1. The van der Waals surface area contributed by atoms with E-state index in [2.05, 4.69) is 52.5 Å². The lowest BCUT2D eigenvalue weighted by atomic mass is 9.99. The van der Waals surface area contributed by atoms with Crippen LogP contribution < -0.4 is 10.6 Å². The van der Waals surface area contributed by atoms with Crippen LogP contribution in [0.5, 0.6) is 0 Å². The number of nitrogens with one attached hydrogen (secondary N) is 2. The predicted molar refractivity (Wildman–Crippen MR) is 123 cm³/mol. The Bertz CT molecular complexity index is 524. The molecule has 0 spiro atoms. The lowest BCUT2D eigenvalue weighted by Gasteiger charge is -2.15. The Labute approximate surface area is 181 Å². The second kappa shape index (κ2) is 14.2. The molecule has 0 unspecified atom stereocenters. The van der Waals surface area contributed by atoms with Gasteiger partial charge in [0.15, 0.2) is 11.7 Å². The minimum atomic E-state index is 0. The molecule has 1 aliphatic heterocycles. The number of rotatable bonds is 11. The first-order valence-corrected chi connectivity index (χ1v) is 10.5. The molecular weight excluding hydrogens is 453 g/mol. The fourth-order valence-electron chi connectivity index (χ4n) is 3.47. The summed E-state index contributed by atoms with van der Waals surface area (Å²) in [6.07, 6.45) is 7.34. The average Bonchev–Trinajstić information content (AvgIpc) is 3.32. The zero-order valence-corrected chi connectivity index (χ0v) is 19.6. The van der Waals surface area contributed by atoms with Crippen LogP contribution in [0.2, 0.25) is 0 Å². The molecule has 7 heteroatoms. The van der Waals surface area contributed by atoms with Crippen LogP contribution in [0.1, 0.15) is 76.7 Å². The SMILES string of the molecule is CCNC(=NCc1cc(C(CC)CC)no1)NCCCCN1CCCC1.I. The van der Waals surface area contributed by atoms with Crippen LogP contribution in [-0.4, -0.2) is 48.7 Å². The lowest BCUT2D eigenvalue weighted by molar-refractivity contribution is 0.330. The molecule has 0 aliphatic carbocycles. The topological polar surface area (TPSA) is 65.7 Å². The number of nitrogens with zero attached hydrogens (tertiary/aromatic N) is 3. The van der Waals surface area contributed by atoms with Crippen molar-refractivity contribution in [3.63, 3.8) is 0 Å². The molecule has 27 heavy (non-hydrogen) atoms. The molecule has 156 valence electrons. The molecule has 1 fully saturated rings. The van der Waals surface area contributed by atoms with E-state index in [0.717, 1.165) is 43.3 Å². The summed E-state index contributed by atoms with van der Waals surface area (Å²) in [6.45, 7) is 12.6. The number of hydrogen-bond donors (Lipinski definition) is 2. The normalized spacial score (nSPS) is 15.2. The maximum Gasteiger partial charge on any atom is 0.191 e. The third-order valence-corrected chi connectivity index (χ3v) is 5.11. The van der Waals surface area contributed by atoms with E-state index in [0.29, 0.717) is 12.5 Å². The van der Waals surface area contributed by atoms with Crippen molar-refractivity contribution in [1.29, 1.82) is 0 Å². The average molecular weight is 491 g/mol. The van der Waals surface area contributed by atoms with E-state index in [-0.39, 0.29) is 24.0 Å². The summed E-state index contributed by atoms with van der Waals surface area (Å²) in [5.74, 6) is 2.17. The molecule has 1 aromatic rings. The Balaban J connectivity index is 0.00000364. The van der Waals surface area contributed by atoms with E-state index in [1.807, 2.05) is 0 Å². The first-order chi connectivity index (χ1) is 12.8.